The molecule has 0 saturated heterocycles. The van der Waals surface area contributed by atoms with Gasteiger partial charge in [0, 0.05) is 6.20 Å². The zero-order valence-corrected chi connectivity index (χ0v) is 14.8. The molecule has 0 aromatic heterocycles. The third-order valence-corrected chi connectivity index (χ3v) is 4.59. The molecule has 2 aromatic rings. The zero-order chi connectivity index (χ0) is 19.0. The number of sulfonamides is 1. The highest BCUT2D eigenvalue weighted by Gasteiger charge is 2.15. The third kappa shape index (κ3) is 4.84. The highest BCUT2D eigenvalue weighted by atomic mass is 32.2. The van der Waals surface area contributed by atoms with Crippen LogP contribution in [0.1, 0.15) is 6.92 Å². The molecular weight excluding hydrogens is 354 g/mol. The summed E-state index contributed by atoms with van der Waals surface area (Å²) in [4.78, 5) is 11.7. The van der Waals surface area contributed by atoms with E-state index in [4.69, 9.17) is 10.00 Å². The molecule has 0 atom stereocenters. The molecule has 0 aliphatic heterocycles. The summed E-state index contributed by atoms with van der Waals surface area (Å²) in [6.07, 6.45) is 1.17. The van der Waals surface area contributed by atoms with Crippen LogP contribution in [-0.4, -0.2) is 21.0 Å². The molecule has 7 nitrogen and oxygen atoms in total. The van der Waals surface area contributed by atoms with Gasteiger partial charge in [0.2, 0.25) is 0 Å². The monoisotopic (exact) mass is 371 g/mol. The Morgan fingerprint density at radius 3 is 2.35 bits per heavy atom. The number of nitrogens with zero attached hydrogens (tertiary/aromatic N) is 1. The first-order valence-corrected chi connectivity index (χ1v) is 9.17. The van der Waals surface area contributed by atoms with Gasteiger partial charge in [-0.05, 0) is 31.2 Å². The van der Waals surface area contributed by atoms with E-state index >= 15 is 0 Å². The number of rotatable bonds is 7. The van der Waals surface area contributed by atoms with Gasteiger partial charge in [-0.3, -0.25) is 4.72 Å². The van der Waals surface area contributed by atoms with Gasteiger partial charge in [-0.1, -0.05) is 30.3 Å². The molecule has 0 bridgehead atoms. The van der Waals surface area contributed by atoms with Crippen LogP contribution in [0.5, 0.6) is 0 Å². The molecule has 2 aromatic carbocycles. The summed E-state index contributed by atoms with van der Waals surface area (Å²) in [7, 11) is -3.77. The van der Waals surface area contributed by atoms with E-state index < -0.39 is 16.0 Å². The molecule has 0 aliphatic rings. The average molecular weight is 371 g/mol. The fourth-order valence-electron chi connectivity index (χ4n) is 2.00. The normalized spacial score (nSPS) is 11.3. The number of hydrogen-bond acceptors (Lipinski definition) is 6. The lowest BCUT2D eigenvalue weighted by Crippen LogP contribution is -2.14. The third-order valence-electron chi connectivity index (χ3n) is 3.21. The van der Waals surface area contributed by atoms with Gasteiger partial charge >= 0.3 is 5.97 Å². The molecule has 0 fully saturated rings. The smallest absolute Gasteiger partial charge is 0.350 e. The first-order chi connectivity index (χ1) is 12.5. The summed E-state index contributed by atoms with van der Waals surface area (Å²) in [5, 5.41) is 11.8. The van der Waals surface area contributed by atoms with Crippen LogP contribution in [0.3, 0.4) is 0 Å². The van der Waals surface area contributed by atoms with Crippen LogP contribution >= 0.6 is 0 Å². The van der Waals surface area contributed by atoms with Gasteiger partial charge in [0.15, 0.2) is 5.57 Å². The number of benzene rings is 2. The molecule has 8 heteroatoms. The number of ether oxygens (including phenoxy) is 1. The summed E-state index contributed by atoms with van der Waals surface area (Å²) in [6, 6.07) is 16.2. The van der Waals surface area contributed by atoms with E-state index in [1.54, 1.807) is 55.5 Å². The summed E-state index contributed by atoms with van der Waals surface area (Å²) in [5.74, 6) is -0.759. The van der Waals surface area contributed by atoms with Gasteiger partial charge in [-0.25, -0.2) is 13.2 Å². The van der Waals surface area contributed by atoms with Crippen LogP contribution in [0.25, 0.3) is 0 Å². The standard InChI is InChI=1S/C18H17N3O4S/c1-2-25-18(22)14(12-19)13-20-16-10-6-7-11-17(16)21-26(23,24)15-8-4-3-5-9-15/h3-11,13,20-21H,2H2,1H3/b14-13+. The van der Waals surface area contributed by atoms with E-state index in [-0.39, 0.29) is 22.8 Å². The molecule has 0 spiro atoms. The molecular formula is C18H17N3O4S. The van der Waals surface area contributed by atoms with Gasteiger partial charge in [0.1, 0.15) is 6.07 Å². The Labute approximate surface area is 152 Å². The van der Waals surface area contributed by atoms with Crippen molar-refractivity contribution in [2.45, 2.75) is 11.8 Å². The Kier molecular flexibility index (Phi) is 6.36. The van der Waals surface area contributed by atoms with Crippen molar-refractivity contribution in [3.8, 4) is 6.07 Å². The van der Waals surface area contributed by atoms with Crippen molar-refractivity contribution in [1.29, 1.82) is 5.26 Å². The summed E-state index contributed by atoms with van der Waals surface area (Å²) in [6.45, 7) is 1.78. The first kappa shape index (κ1) is 19.0. The second-order valence-corrected chi connectivity index (χ2v) is 6.68. The number of carbonyl (C=O) groups excluding carboxylic acids is 1. The van der Waals surface area contributed by atoms with Crippen LogP contribution in [0.2, 0.25) is 0 Å². The van der Waals surface area contributed by atoms with E-state index in [9.17, 15) is 13.2 Å². The quantitative estimate of drug-likeness (QED) is 0.440. The Balaban J connectivity index is 2.26. The van der Waals surface area contributed by atoms with E-state index in [2.05, 4.69) is 10.0 Å². The summed E-state index contributed by atoms with van der Waals surface area (Å²) >= 11 is 0. The van der Waals surface area contributed by atoms with Crippen molar-refractivity contribution in [3.63, 3.8) is 0 Å². The molecule has 0 saturated carbocycles. The lowest BCUT2D eigenvalue weighted by Gasteiger charge is -2.12. The Hall–Kier alpha value is -3.31. The molecule has 26 heavy (non-hydrogen) atoms. The molecule has 0 amide bonds. The number of nitriles is 1. The largest absolute Gasteiger partial charge is 0.462 e. The second kappa shape index (κ2) is 8.69. The fraction of sp³-hybridized carbons (Fsp3) is 0.111. The minimum atomic E-state index is -3.77. The highest BCUT2D eigenvalue weighted by Crippen LogP contribution is 2.24. The van der Waals surface area contributed by atoms with Crippen molar-refractivity contribution in [3.05, 3.63) is 66.4 Å². The van der Waals surface area contributed by atoms with Crippen molar-refractivity contribution in [1.82, 2.24) is 0 Å². The number of carbonyl (C=O) groups is 1. The van der Waals surface area contributed by atoms with Crippen LogP contribution in [0.4, 0.5) is 11.4 Å². The minimum Gasteiger partial charge on any atom is -0.462 e. The predicted octanol–water partition coefficient (Wildman–Crippen LogP) is 2.87. The molecule has 0 unspecified atom stereocenters. The van der Waals surface area contributed by atoms with Crippen molar-refractivity contribution in [2.75, 3.05) is 16.6 Å². The van der Waals surface area contributed by atoms with E-state index in [0.717, 1.165) is 0 Å². The lowest BCUT2D eigenvalue weighted by molar-refractivity contribution is -0.138. The van der Waals surface area contributed by atoms with Gasteiger partial charge in [-0.15, -0.1) is 0 Å². The fourth-order valence-corrected chi connectivity index (χ4v) is 3.10. The van der Waals surface area contributed by atoms with Crippen molar-refractivity contribution >= 4 is 27.4 Å². The first-order valence-electron chi connectivity index (χ1n) is 7.68. The Bertz CT molecular complexity index is 948. The van der Waals surface area contributed by atoms with Crippen molar-refractivity contribution in [2.24, 2.45) is 0 Å². The van der Waals surface area contributed by atoms with Crippen LogP contribution < -0.4 is 10.0 Å². The molecule has 0 aliphatic carbocycles. The van der Waals surface area contributed by atoms with Gasteiger partial charge in [-0.2, -0.15) is 5.26 Å². The van der Waals surface area contributed by atoms with Crippen LogP contribution in [0, 0.1) is 11.3 Å². The van der Waals surface area contributed by atoms with E-state index in [1.165, 1.54) is 18.3 Å². The molecule has 0 radical (unpaired) electrons. The van der Waals surface area contributed by atoms with Crippen LogP contribution in [0.15, 0.2) is 71.3 Å². The Morgan fingerprint density at radius 1 is 1.12 bits per heavy atom. The van der Waals surface area contributed by atoms with E-state index in [0.29, 0.717) is 5.69 Å². The number of para-hydroxylation sites is 2. The number of hydrogen-bond donors (Lipinski definition) is 2. The second-order valence-electron chi connectivity index (χ2n) is 5.00. The molecule has 0 heterocycles. The average Bonchev–Trinajstić information content (AvgIpc) is 2.64. The number of anilines is 2. The highest BCUT2D eigenvalue weighted by molar-refractivity contribution is 7.92. The molecule has 134 valence electrons. The topological polar surface area (TPSA) is 108 Å². The maximum atomic E-state index is 12.5. The van der Waals surface area contributed by atoms with Crippen molar-refractivity contribution < 1.29 is 17.9 Å². The summed E-state index contributed by atoms with van der Waals surface area (Å²) < 4.78 is 32.2. The lowest BCUT2D eigenvalue weighted by atomic mass is 10.2. The predicted molar refractivity (Wildman–Crippen MR) is 97.6 cm³/mol. The maximum Gasteiger partial charge on any atom is 0.350 e. The zero-order valence-electron chi connectivity index (χ0n) is 14.0. The number of nitrogens with one attached hydrogen (secondary N) is 2. The van der Waals surface area contributed by atoms with E-state index in [1.807, 2.05) is 0 Å². The Morgan fingerprint density at radius 2 is 1.73 bits per heavy atom. The maximum absolute atomic E-state index is 12.5. The van der Waals surface area contributed by atoms with Gasteiger partial charge < -0.3 is 10.1 Å². The van der Waals surface area contributed by atoms with Gasteiger partial charge in [0.05, 0.1) is 22.9 Å². The van der Waals surface area contributed by atoms with Crippen LogP contribution in [-0.2, 0) is 19.6 Å². The number of esters is 1. The SMILES string of the molecule is CCOC(=O)/C(C#N)=C/Nc1ccccc1NS(=O)(=O)c1ccccc1. The molecule has 2 rings (SSSR count). The van der Waals surface area contributed by atoms with Gasteiger partial charge in [0.25, 0.3) is 10.0 Å². The molecule has 2 N–H and O–H groups in total. The summed E-state index contributed by atoms with van der Waals surface area (Å²) in [5.41, 5.74) is 0.422. The minimum absolute atomic E-state index is 0.120.